The van der Waals surface area contributed by atoms with Crippen LogP contribution in [0, 0.1) is 0 Å². The number of hydrogen-bond acceptors (Lipinski definition) is 1. The molecule has 66 valence electrons. The quantitative estimate of drug-likeness (QED) is 0.743. The Morgan fingerprint density at radius 1 is 1.31 bits per heavy atom. The highest BCUT2D eigenvalue weighted by atomic mass is 79.9. The Kier molecular flexibility index (Phi) is 2.27. The Morgan fingerprint density at radius 2 is 2.15 bits per heavy atom. The minimum atomic E-state index is -0.491. The highest BCUT2D eigenvalue weighted by molar-refractivity contribution is 9.10. The van der Waals surface area contributed by atoms with Gasteiger partial charge in [0.15, 0.2) is 0 Å². The van der Waals surface area contributed by atoms with Crippen LogP contribution < -0.4 is 0 Å². The lowest BCUT2D eigenvalue weighted by molar-refractivity contribution is 0.486. The summed E-state index contributed by atoms with van der Waals surface area (Å²) < 4.78 is 13.4. The Balaban J connectivity index is 2.84. The molecule has 0 aliphatic carbocycles. The van der Waals surface area contributed by atoms with Gasteiger partial charge in [-0.1, -0.05) is 28.1 Å². The second-order valence-electron chi connectivity index (χ2n) is 2.73. The molecule has 0 aliphatic heterocycles. The molecule has 1 heterocycles. The first kappa shape index (κ1) is 8.63. The molecule has 0 fully saturated rings. The second-order valence-corrected chi connectivity index (χ2v) is 3.59. The SMILES string of the molecule is FCc1c(Br)ccc2cccnc12. The Bertz CT molecular complexity index is 442. The molecule has 0 aliphatic rings. The van der Waals surface area contributed by atoms with Crippen LogP contribution in [0.3, 0.4) is 0 Å². The lowest BCUT2D eigenvalue weighted by Gasteiger charge is -2.03. The van der Waals surface area contributed by atoms with Crippen molar-refractivity contribution in [3.05, 3.63) is 40.5 Å². The fraction of sp³-hybridized carbons (Fsp3) is 0.100. The van der Waals surface area contributed by atoms with E-state index in [1.165, 1.54) is 0 Å². The van der Waals surface area contributed by atoms with Crippen LogP contribution >= 0.6 is 15.9 Å². The molecular weight excluding hydrogens is 233 g/mol. The van der Waals surface area contributed by atoms with Gasteiger partial charge in [0, 0.05) is 21.6 Å². The largest absolute Gasteiger partial charge is 0.256 e. The number of nitrogens with zero attached hydrogens (tertiary/aromatic N) is 1. The molecule has 13 heavy (non-hydrogen) atoms. The van der Waals surface area contributed by atoms with Crippen molar-refractivity contribution < 1.29 is 4.39 Å². The summed E-state index contributed by atoms with van der Waals surface area (Å²) in [5.74, 6) is 0. The molecule has 0 saturated heterocycles. The molecule has 0 spiro atoms. The fourth-order valence-corrected chi connectivity index (χ4v) is 1.73. The van der Waals surface area contributed by atoms with Crippen LogP contribution in [-0.4, -0.2) is 4.98 Å². The fourth-order valence-electron chi connectivity index (χ4n) is 1.31. The van der Waals surface area contributed by atoms with Crippen molar-refractivity contribution in [2.75, 3.05) is 0 Å². The number of hydrogen-bond donors (Lipinski definition) is 0. The van der Waals surface area contributed by atoms with Crippen LogP contribution in [0.15, 0.2) is 34.9 Å². The average molecular weight is 240 g/mol. The van der Waals surface area contributed by atoms with E-state index in [0.29, 0.717) is 5.56 Å². The number of rotatable bonds is 1. The Morgan fingerprint density at radius 3 is 2.92 bits per heavy atom. The third-order valence-corrected chi connectivity index (χ3v) is 2.70. The number of benzene rings is 1. The molecule has 3 heteroatoms. The van der Waals surface area contributed by atoms with E-state index in [4.69, 9.17) is 0 Å². The third-order valence-electron chi connectivity index (χ3n) is 1.96. The molecule has 1 nitrogen and oxygen atoms in total. The maximum atomic E-state index is 12.6. The molecule has 2 aromatic rings. The van der Waals surface area contributed by atoms with E-state index in [9.17, 15) is 4.39 Å². The zero-order chi connectivity index (χ0) is 9.26. The molecule has 0 N–H and O–H groups in total. The molecule has 1 aromatic heterocycles. The molecule has 0 bridgehead atoms. The highest BCUT2D eigenvalue weighted by Crippen LogP contribution is 2.25. The summed E-state index contributed by atoms with van der Waals surface area (Å²) in [7, 11) is 0. The minimum absolute atomic E-state index is 0.491. The number of halogens is 2. The van der Waals surface area contributed by atoms with Gasteiger partial charge in [0.2, 0.25) is 0 Å². The van der Waals surface area contributed by atoms with Crippen LogP contribution in [-0.2, 0) is 6.67 Å². The van der Waals surface area contributed by atoms with Crippen LogP contribution in [0.5, 0.6) is 0 Å². The summed E-state index contributed by atoms with van der Waals surface area (Å²) >= 11 is 3.30. The van der Waals surface area contributed by atoms with Crippen molar-refractivity contribution in [1.29, 1.82) is 0 Å². The van der Waals surface area contributed by atoms with Crippen molar-refractivity contribution in [1.82, 2.24) is 4.98 Å². The lowest BCUT2D eigenvalue weighted by Crippen LogP contribution is -1.87. The maximum absolute atomic E-state index is 12.6. The van der Waals surface area contributed by atoms with E-state index in [1.807, 2.05) is 24.3 Å². The van der Waals surface area contributed by atoms with Crippen LogP contribution in [0.2, 0.25) is 0 Å². The molecule has 0 saturated carbocycles. The first-order valence-corrected chi connectivity index (χ1v) is 4.70. The van der Waals surface area contributed by atoms with Crippen molar-refractivity contribution in [2.24, 2.45) is 0 Å². The second kappa shape index (κ2) is 3.42. The summed E-state index contributed by atoms with van der Waals surface area (Å²) in [6.07, 6.45) is 1.67. The summed E-state index contributed by atoms with van der Waals surface area (Å²) in [5, 5.41) is 0.971. The number of pyridine rings is 1. The van der Waals surface area contributed by atoms with Gasteiger partial charge >= 0.3 is 0 Å². The number of aromatic nitrogens is 1. The maximum Gasteiger partial charge on any atom is 0.118 e. The summed E-state index contributed by atoms with van der Waals surface area (Å²) in [4.78, 5) is 4.14. The lowest BCUT2D eigenvalue weighted by atomic mass is 10.1. The van der Waals surface area contributed by atoms with Gasteiger partial charge in [0.25, 0.3) is 0 Å². The van der Waals surface area contributed by atoms with E-state index in [0.717, 1.165) is 15.4 Å². The smallest absolute Gasteiger partial charge is 0.118 e. The van der Waals surface area contributed by atoms with E-state index < -0.39 is 6.67 Å². The number of alkyl halides is 1. The van der Waals surface area contributed by atoms with Gasteiger partial charge < -0.3 is 0 Å². The van der Waals surface area contributed by atoms with Gasteiger partial charge in [-0.05, 0) is 12.1 Å². The van der Waals surface area contributed by atoms with Crippen molar-refractivity contribution >= 4 is 26.8 Å². The van der Waals surface area contributed by atoms with Gasteiger partial charge in [0.1, 0.15) is 6.67 Å². The topological polar surface area (TPSA) is 12.9 Å². The predicted molar refractivity (Wildman–Crippen MR) is 54.3 cm³/mol. The first-order valence-electron chi connectivity index (χ1n) is 3.91. The Labute approximate surface area is 83.7 Å². The van der Waals surface area contributed by atoms with Gasteiger partial charge in [0.05, 0.1) is 5.52 Å². The van der Waals surface area contributed by atoms with Gasteiger partial charge in [-0.2, -0.15) is 0 Å². The van der Waals surface area contributed by atoms with E-state index in [2.05, 4.69) is 20.9 Å². The van der Waals surface area contributed by atoms with Gasteiger partial charge in [-0.3, -0.25) is 4.98 Å². The highest BCUT2D eigenvalue weighted by Gasteiger charge is 2.05. The zero-order valence-electron chi connectivity index (χ0n) is 6.80. The van der Waals surface area contributed by atoms with E-state index in [-0.39, 0.29) is 0 Å². The summed E-state index contributed by atoms with van der Waals surface area (Å²) in [6, 6.07) is 7.54. The van der Waals surface area contributed by atoms with Crippen LogP contribution in [0.25, 0.3) is 10.9 Å². The molecule has 2 rings (SSSR count). The summed E-state index contributed by atoms with van der Waals surface area (Å²) in [6.45, 7) is -0.491. The molecule has 0 amide bonds. The zero-order valence-corrected chi connectivity index (χ0v) is 8.38. The normalized spacial score (nSPS) is 10.6. The van der Waals surface area contributed by atoms with Crippen molar-refractivity contribution in [3.63, 3.8) is 0 Å². The van der Waals surface area contributed by atoms with Crippen LogP contribution in [0.1, 0.15) is 5.56 Å². The predicted octanol–water partition coefficient (Wildman–Crippen LogP) is 3.47. The average Bonchev–Trinajstić information content (AvgIpc) is 2.18. The van der Waals surface area contributed by atoms with E-state index in [1.54, 1.807) is 6.20 Å². The van der Waals surface area contributed by atoms with Gasteiger partial charge in [-0.25, -0.2) is 4.39 Å². The monoisotopic (exact) mass is 239 g/mol. The first-order chi connectivity index (χ1) is 6.33. The van der Waals surface area contributed by atoms with Crippen molar-refractivity contribution in [2.45, 2.75) is 6.67 Å². The van der Waals surface area contributed by atoms with E-state index >= 15 is 0 Å². The van der Waals surface area contributed by atoms with Gasteiger partial charge in [-0.15, -0.1) is 0 Å². The standard InChI is InChI=1S/C10H7BrFN/c11-9-4-3-7-2-1-5-13-10(7)8(9)6-12/h1-5H,6H2. The molecule has 0 unspecified atom stereocenters. The molecule has 0 radical (unpaired) electrons. The molecular formula is C10H7BrFN. The van der Waals surface area contributed by atoms with Crippen molar-refractivity contribution in [3.8, 4) is 0 Å². The summed E-state index contributed by atoms with van der Waals surface area (Å²) in [5.41, 5.74) is 1.36. The number of fused-ring (bicyclic) bond motifs is 1. The molecule has 0 atom stereocenters. The Hall–Kier alpha value is -0.960. The third kappa shape index (κ3) is 1.44. The van der Waals surface area contributed by atoms with Crippen LogP contribution in [0.4, 0.5) is 4.39 Å². The molecule has 1 aromatic carbocycles. The minimum Gasteiger partial charge on any atom is -0.256 e.